The maximum atomic E-state index is 11.7. The number of nitrogens with zero attached hydrogens (tertiary/aromatic N) is 1. The minimum Gasteiger partial charge on any atom is -0.391 e. The first kappa shape index (κ1) is 14.3. The van der Waals surface area contributed by atoms with E-state index < -0.39 is 5.54 Å². The van der Waals surface area contributed by atoms with E-state index in [0.717, 1.165) is 25.9 Å². The first-order chi connectivity index (χ1) is 8.00. The van der Waals surface area contributed by atoms with Crippen LogP contribution in [0.2, 0.25) is 0 Å². The number of carbonyl (C=O) groups is 1. The van der Waals surface area contributed by atoms with Crippen LogP contribution in [0.4, 0.5) is 0 Å². The van der Waals surface area contributed by atoms with Gasteiger partial charge in [0.25, 0.3) is 0 Å². The lowest BCUT2D eigenvalue weighted by atomic mass is 9.87. The smallest absolute Gasteiger partial charge is 0.246 e. The number of hydrogen-bond donors (Lipinski definition) is 2. The van der Waals surface area contributed by atoms with E-state index in [1.807, 2.05) is 14.0 Å². The molecule has 0 atom stereocenters. The molecule has 0 saturated carbocycles. The molecule has 1 heterocycles. The summed E-state index contributed by atoms with van der Waals surface area (Å²) in [6.45, 7) is 4.21. The highest BCUT2D eigenvalue weighted by molar-refractivity contribution is 7.80. The third-order valence-corrected chi connectivity index (χ3v) is 3.52. The summed E-state index contributed by atoms with van der Waals surface area (Å²) < 4.78 is 5.08. The quantitative estimate of drug-likeness (QED) is 0.674. The van der Waals surface area contributed by atoms with Gasteiger partial charge in [-0.3, -0.25) is 4.79 Å². The second kappa shape index (κ2) is 6.28. The fourth-order valence-electron chi connectivity index (χ4n) is 1.93. The van der Waals surface area contributed by atoms with Gasteiger partial charge in [0.1, 0.15) is 6.61 Å². The van der Waals surface area contributed by atoms with Crippen molar-refractivity contribution in [3.8, 4) is 0 Å². The molecule has 98 valence electrons. The Kier molecular flexibility index (Phi) is 5.30. The zero-order valence-corrected chi connectivity index (χ0v) is 11.3. The van der Waals surface area contributed by atoms with Crippen molar-refractivity contribution in [3.63, 3.8) is 0 Å². The Bertz CT molecular complexity index is 288. The van der Waals surface area contributed by atoms with Crippen molar-refractivity contribution in [2.75, 3.05) is 33.4 Å². The van der Waals surface area contributed by atoms with Gasteiger partial charge in [0.15, 0.2) is 0 Å². The average molecular weight is 259 g/mol. The summed E-state index contributed by atoms with van der Waals surface area (Å²) in [4.78, 5) is 14.3. The van der Waals surface area contributed by atoms with Gasteiger partial charge in [-0.05, 0) is 26.8 Å². The molecule has 0 bridgehead atoms. The second-order valence-electron chi connectivity index (χ2n) is 4.43. The number of rotatable bonds is 5. The monoisotopic (exact) mass is 259 g/mol. The number of amides is 1. The maximum Gasteiger partial charge on any atom is 0.246 e. The van der Waals surface area contributed by atoms with Gasteiger partial charge < -0.3 is 20.7 Å². The minimum atomic E-state index is -0.532. The molecule has 0 aromatic heterocycles. The van der Waals surface area contributed by atoms with Gasteiger partial charge in [-0.2, -0.15) is 0 Å². The van der Waals surface area contributed by atoms with Crippen LogP contribution in [0.15, 0.2) is 0 Å². The molecule has 6 heteroatoms. The Balaban J connectivity index is 2.60. The molecule has 0 spiro atoms. The third-order valence-electron chi connectivity index (χ3n) is 3.13. The topological polar surface area (TPSA) is 67.6 Å². The van der Waals surface area contributed by atoms with Crippen LogP contribution in [0.25, 0.3) is 0 Å². The number of thiocarbonyl (C=S) groups is 1. The lowest BCUT2D eigenvalue weighted by molar-refractivity contribution is -0.127. The SMILES string of the molecule is CCOCC(=O)NC1(C(N)=S)CCN(C)CC1. The van der Waals surface area contributed by atoms with Crippen molar-refractivity contribution in [3.05, 3.63) is 0 Å². The van der Waals surface area contributed by atoms with Crippen LogP contribution >= 0.6 is 12.2 Å². The van der Waals surface area contributed by atoms with Crippen LogP contribution in [0.5, 0.6) is 0 Å². The van der Waals surface area contributed by atoms with Gasteiger partial charge in [0, 0.05) is 19.7 Å². The van der Waals surface area contributed by atoms with E-state index in [2.05, 4.69) is 10.2 Å². The Morgan fingerprint density at radius 3 is 2.59 bits per heavy atom. The minimum absolute atomic E-state index is 0.0662. The van der Waals surface area contributed by atoms with Gasteiger partial charge >= 0.3 is 0 Å². The predicted octanol–water partition coefficient (Wildman–Crippen LogP) is -0.110. The molecule has 1 saturated heterocycles. The molecule has 0 aromatic carbocycles. The molecular formula is C11H21N3O2S. The number of hydrogen-bond acceptors (Lipinski definition) is 4. The van der Waals surface area contributed by atoms with E-state index in [1.165, 1.54) is 0 Å². The van der Waals surface area contributed by atoms with Gasteiger partial charge in [0.05, 0.1) is 10.5 Å². The van der Waals surface area contributed by atoms with Gasteiger partial charge in [-0.1, -0.05) is 12.2 Å². The number of ether oxygens (including phenoxy) is 1. The molecule has 3 N–H and O–H groups in total. The van der Waals surface area contributed by atoms with Crippen molar-refractivity contribution in [2.45, 2.75) is 25.3 Å². The van der Waals surface area contributed by atoms with Crippen molar-refractivity contribution in [2.24, 2.45) is 5.73 Å². The Morgan fingerprint density at radius 2 is 2.12 bits per heavy atom. The number of likely N-dealkylation sites (tertiary alicyclic amines) is 1. The van der Waals surface area contributed by atoms with Gasteiger partial charge in [0.2, 0.25) is 5.91 Å². The largest absolute Gasteiger partial charge is 0.391 e. The van der Waals surface area contributed by atoms with E-state index in [0.29, 0.717) is 11.6 Å². The normalized spacial score (nSPS) is 19.9. The van der Waals surface area contributed by atoms with Crippen LogP contribution in [-0.2, 0) is 9.53 Å². The lowest BCUT2D eigenvalue weighted by Crippen LogP contribution is -2.61. The maximum absolute atomic E-state index is 11.7. The zero-order chi connectivity index (χ0) is 12.9. The fourth-order valence-corrected chi connectivity index (χ4v) is 2.19. The summed E-state index contributed by atoms with van der Waals surface area (Å²) in [6.07, 6.45) is 1.52. The molecule has 1 fully saturated rings. The van der Waals surface area contributed by atoms with Crippen molar-refractivity contribution in [1.82, 2.24) is 10.2 Å². The molecule has 17 heavy (non-hydrogen) atoms. The fraction of sp³-hybridized carbons (Fsp3) is 0.818. The van der Waals surface area contributed by atoms with E-state index in [-0.39, 0.29) is 12.5 Å². The average Bonchev–Trinajstić information content (AvgIpc) is 2.29. The molecule has 0 aliphatic carbocycles. The Labute approximate surface area is 108 Å². The molecular weight excluding hydrogens is 238 g/mol. The summed E-state index contributed by atoms with van der Waals surface area (Å²) in [5.74, 6) is -0.149. The summed E-state index contributed by atoms with van der Waals surface area (Å²) in [7, 11) is 2.05. The Morgan fingerprint density at radius 1 is 1.53 bits per heavy atom. The van der Waals surface area contributed by atoms with E-state index >= 15 is 0 Å². The summed E-state index contributed by atoms with van der Waals surface area (Å²) in [6, 6.07) is 0. The number of carbonyl (C=O) groups excluding carboxylic acids is 1. The molecule has 0 aromatic rings. The third kappa shape index (κ3) is 3.90. The Hall–Kier alpha value is -0.720. The first-order valence-electron chi connectivity index (χ1n) is 5.87. The van der Waals surface area contributed by atoms with Crippen LogP contribution in [0.1, 0.15) is 19.8 Å². The number of nitrogens with one attached hydrogen (secondary N) is 1. The van der Waals surface area contributed by atoms with E-state index in [4.69, 9.17) is 22.7 Å². The molecule has 1 rings (SSSR count). The molecule has 5 nitrogen and oxygen atoms in total. The lowest BCUT2D eigenvalue weighted by Gasteiger charge is -2.40. The summed E-state index contributed by atoms with van der Waals surface area (Å²) in [5, 5.41) is 2.93. The molecule has 0 unspecified atom stereocenters. The van der Waals surface area contributed by atoms with Gasteiger partial charge in [-0.15, -0.1) is 0 Å². The zero-order valence-electron chi connectivity index (χ0n) is 10.5. The van der Waals surface area contributed by atoms with Crippen molar-refractivity contribution in [1.29, 1.82) is 0 Å². The predicted molar refractivity (Wildman–Crippen MR) is 70.9 cm³/mol. The van der Waals surface area contributed by atoms with Crippen molar-refractivity contribution < 1.29 is 9.53 Å². The summed E-state index contributed by atoms with van der Waals surface area (Å²) in [5.41, 5.74) is 5.25. The standard InChI is InChI=1S/C11H21N3O2S/c1-3-16-8-9(15)13-11(10(12)17)4-6-14(2)7-5-11/h3-8H2,1-2H3,(H2,12,17)(H,13,15). The van der Waals surface area contributed by atoms with Crippen LogP contribution in [0, 0.1) is 0 Å². The molecule has 1 aliphatic heterocycles. The number of nitrogens with two attached hydrogens (primary N) is 1. The van der Waals surface area contributed by atoms with Crippen molar-refractivity contribution >= 4 is 23.1 Å². The van der Waals surface area contributed by atoms with E-state index in [1.54, 1.807) is 0 Å². The molecule has 0 radical (unpaired) electrons. The van der Waals surface area contributed by atoms with E-state index in [9.17, 15) is 4.79 Å². The van der Waals surface area contributed by atoms with Gasteiger partial charge in [-0.25, -0.2) is 0 Å². The molecule has 1 amide bonds. The highest BCUT2D eigenvalue weighted by Gasteiger charge is 2.37. The second-order valence-corrected chi connectivity index (χ2v) is 4.87. The van der Waals surface area contributed by atoms with Crippen LogP contribution in [-0.4, -0.2) is 54.7 Å². The number of piperidine rings is 1. The highest BCUT2D eigenvalue weighted by atomic mass is 32.1. The summed E-state index contributed by atoms with van der Waals surface area (Å²) >= 11 is 5.10. The highest BCUT2D eigenvalue weighted by Crippen LogP contribution is 2.22. The first-order valence-corrected chi connectivity index (χ1v) is 6.28. The van der Waals surface area contributed by atoms with Crippen LogP contribution in [0.3, 0.4) is 0 Å². The van der Waals surface area contributed by atoms with Crippen LogP contribution < -0.4 is 11.1 Å². The molecule has 1 aliphatic rings.